The first-order valence-electron chi connectivity index (χ1n) is 4.35. The van der Waals surface area contributed by atoms with E-state index in [1.165, 1.54) is 6.08 Å². The summed E-state index contributed by atoms with van der Waals surface area (Å²) >= 11 is 0. The fourth-order valence-corrected chi connectivity index (χ4v) is 0.980. The van der Waals surface area contributed by atoms with Crippen LogP contribution >= 0.6 is 0 Å². The summed E-state index contributed by atoms with van der Waals surface area (Å²) in [4.78, 5) is 20.5. The summed E-state index contributed by atoms with van der Waals surface area (Å²) < 4.78 is 5.06. The molecule has 1 aromatic carbocycles. The van der Waals surface area contributed by atoms with Gasteiger partial charge in [-0.2, -0.15) is 0 Å². The van der Waals surface area contributed by atoms with E-state index in [2.05, 4.69) is 0 Å². The number of aldehydes is 1. The van der Waals surface area contributed by atoms with Gasteiger partial charge in [-0.05, 0) is 23.8 Å². The fraction of sp³-hybridized carbons (Fsp3) is 0.0909. The molecule has 4 nitrogen and oxygen atoms in total. The standard InChI is InChI=1S/C11H11NO3/c12-11(14)8-15-10-5-3-9(4-6-10)2-1-7-13/h1-7H,8H2,(H2,12,14). The number of carbonyl (C=O) groups excluding carboxylic acids is 2. The molecule has 78 valence electrons. The Balaban J connectivity index is 2.59. The number of amides is 1. The lowest BCUT2D eigenvalue weighted by molar-refractivity contribution is -0.120. The van der Waals surface area contributed by atoms with E-state index in [0.717, 1.165) is 5.56 Å². The van der Waals surface area contributed by atoms with Crippen LogP contribution in [0.25, 0.3) is 6.08 Å². The molecule has 15 heavy (non-hydrogen) atoms. The van der Waals surface area contributed by atoms with Crippen LogP contribution in [0.15, 0.2) is 30.3 Å². The molecular formula is C11H11NO3. The van der Waals surface area contributed by atoms with E-state index < -0.39 is 5.91 Å². The first-order chi connectivity index (χ1) is 7.22. The molecule has 0 heterocycles. The highest BCUT2D eigenvalue weighted by Gasteiger charge is 1.96. The highest BCUT2D eigenvalue weighted by atomic mass is 16.5. The highest BCUT2D eigenvalue weighted by molar-refractivity contribution is 5.75. The minimum Gasteiger partial charge on any atom is -0.484 e. The van der Waals surface area contributed by atoms with Crippen molar-refractivity contribution in [1.82, 2.24) is 0 Å². The third-order valence-electron chi connectivity index (χ3n) is 1.63. The Morgan fingerprint density at radius 2 is 2.00 bits per heavy atom. The van der Waals surface area contributed by atoms with Crippen LogP contribution in [0.1, 0.15) is 5.56 Å². The molecule has 0 unspecified atom stereocenters. The van der Waals surface area contributed by atoms with E-state index in [-0.39, 0.29) is 6.61 Å². The number of hydrogen-bond acceptors (Lipinski definition) is 3. The van der Waals surface area contributed by atoms with Gasteiger partial charge in [-0.3, -0.25) is 9.59 Å². The maximum Gasteiger partial charge on any atom is 0.255 e. The lowest BCUT2D eigenvalue weighted by atomic mass is 10.2. The van der Waals surface area contributed by atoms with Crippen molar-refractivity contribution >= 4 is 18.3 Å². The second kappa shape index (κ2) is 5.59. The minimum absolute atomic E-state index is 0.135. The summed E-state index contributed by atoms with van der Waals surface area (Å²) in [6, 6.07) is 6.95. The molecule has 1 rings (SSSR count). The molecule has 4 heteroatoms. The summed E-state index contributed by atoms with van der Waals surface area (Å²) in [6.45, 7) is -0.135. The summed E-state index contributed by atoms with van der Waals surface area (Å²) in [7, 11) is 0. The first-order valence-corrected chi connectivity index (χ1v) is 4.35. The van der Waals surface area contributed by atoms with Crippen molar-refractivity contribution in [2.24, 2.45) is 5.73 Å². The lowest BCUT2D eigenvalue weighted by Crippen LogP contribution is -2.19. The number of nitrogens with two attached hydrogens (primary N) is 1. The molecule has 0 fully saturated rings. The number of benzene rings is 1. The summed E-state index contributed by atoms with van der Waals surface area (Å²) in [5, 5.41) is 0. The number of carbonyl (C=O) groups is 2. The predicted molar refractivity (Wildman–Crippen MR) is 56.2 cm³/mol. The van der Waals surface area contributed by atoms with Crippen molar-refractivity contribution in [3.8, 4) is 5.75 Å². The zero-order chi connectivity index (χ0) is 11.1. The van der Waals surface area contributed by atoms with E-state index in [4.69, 9.17) is 10.5 Å². The second-order valence-electron chi connectivity index (χ2n) is 2.82. The van der Waals surface area contributed by atoms with Crippen molar-refractivity contribution in [3.63, 3.8) is 0 Å². The molecule has 0 aromatic heterocycles. The normalized spacial score (nSPS) is 10.1. The number of ether oxygens (including phenoxy) is 1. The van der Waals surface area contributed by atoms with Gasteiger partial charge in [0.2, 0.25) is 0 Å². The Morgan fingerprint density at radius 3 is 2.53 bits per heavy atom. The molecule has 1 aromatic rings. The van der Waals surface area contributed by atoms with Gasteiger partial charge in [-0.1, -0.05) is 18.2 Å². The number of primary amides is 1. The van der Waals surface area contributed by atoms with Gasteiger partial charge in [0, 0.05) is 0 Å². The Morgan fingerprint density at radius 1 is 1.33 bits per heavy atom. The van der Waals surface area contributed by atoms with Crippen molar-refractivity contribution in [2.45, 2.75) is 0 Å². The van der Waals surface area contributed by atoms with Gasteiger partial charge in [-0.15, -0.1) is 0 Å². The topological polar surface area (TPSA) is 69.4 Å². The smallest absolute Gasteiger partial charge is 0.255 e. The summed E-state index contributed by atoms with van der Waals surface area (Å²) in [6.07, 6.45) is 3.78. The van der Waals surface area contributed by atoms with Crippen LogP contribution in [-0.2, 0) is 9.59 Å². The molecule has 0 bridgehead atoms. The van der Waals surface area contributed by atoms with Crippen LogP contribution in [-0.4, -0.2) is 18.8 Å². The van der Waals surface area contributed by atoms with Crippen molar-refractivity contribution in [1.29, 1.82) is 0 Å². The van der Waals surface area contributed by atoms with Gasteiger partial charge in [0.1, 0.15) is 12.0 Å². The average molecular weight is 205 g/mol. The average Bonchev–Trinajstić information content (AvgIpc) is 2.25. The van der Waals surface area contributed by atoms with E-state index in [1.54, 1.807) is 30.3 Å². The molecule has 1 amide bonds. The minimum atomic E-state index is -0.514. The van der Waals surface area contributed by atoms with Crippen LogP contribution in [0.4, 0.5) is 0 Å². The monoisotopic (exact) mass is 205 g/mol. The van der Waals surface area contributed by atoms with Crippen LogP contribution in [0.3, 0.4) is 0 Å². The largest absolute Gasteiger partial charge is 0.484 e. The summed E-state index contributed by atoms with van der Waals surface area (Å²) in [5.41, 5.74) is 5.80. The molecule has 0 saturated carbocycles. The third-order valence-corrected chi connectivity index (χ3v) is 1.63. The van der Waals surface area contributed by atoms with Gasteiger partial charge >= 0.3 is 0 Å². The fourth-order valence-electron chi connectivity index (χ4n) is 0.980. The van der Waals surface area contributed by atoms with E-state index in [9.17, 15) is 9.59 Å². The zero-order valence-electron chi connectivity index (χ0n) is 8.05. The Hall–Kier alpha value is -2.10. The molecule has 0 atom stereocenters. The molecule has 0 aliphatic carbocycles. The van der Waals surface area contributed by atoms with Crippen LogP contribution in [0.2, 0.25) is 0 Å². The molecule has 0 radical (unpaired) electrons. The Bertz CT molecular complexity index is 368. The maximum absolute atomic E-state index is 10.4. The highest BCUT2D eigenvalue weighted by Crippen LogP contribution is 2.12. The Kier molecular flexibility index (Phi) is 4.09. The molecule has 0 spiro atoms. The predicted octanol–water partition coefficient (Wildman–Crippen LogP) is 0.763. The van der Waals surface area contributed by atoms with Crippen LogP contribution in [0, 0.1) is 0 Å². The van der Waals surface area contributed by atoms with Gasteiger partial charge < -0.3 is 10.5 Å². The SMILES string of the molecule is NC(=O)COc1ccc(C=CC=O)cc1. The molecule has 0 aliphatic heterocycles. The van der Waals surface area contributed by atoms with E-state index in [0.29, 0.717) is 12.0 Å². The van der Waals surface area contributed by atoms with Crippen LogP contribution < -0.4 is 10.5 Å². The van der Waals surface area contributed by atoms with Crippen molar-refractivity contribution in [2.75, 3.05) is 6.61 Å². The quantitative estimate of drug-likeness (QED) is 0.570. The number of hydrogen-bond donors (Lipinski definition) is 1. The van der Waals surface area contributed by atoms with Gasteiger partial charge in [0.25, 0.3) is 5.91 Å². The Labute approximate surface area is 87.3 Å². The third kappa shape index (κ3) is 4.08. The van der Waals surface area contributed by atoms with Crippen molar-refractivity contribution < 1.29 is 14.3 Å². The van der Waals surface area contributed by atoms with Crippen LogP contribution in [0.5, 0.6) is 5.75 Å². The van der Waals surface area contributed by atoms with Gasteiger partial charge in [-0.25, -0.2) is 0 Å². The molecule has 0 saturated heterocycles. The summed E-state index contributed by atoms with van der Waals surface area (Å²) in [5.74, 6) is 0.0528. The number of rotatable bonds is 5. The molecule has 0 aliphatic rings. The first kappa shape index (κ1) is 11.0. The van der Waals surface area contributed by atoms with Crippen molar-refractivity contribution in [3.05, 3.63) is 35.9 Å². The zero-order valence-corrected chi connectivity index (χ0v) is 8.05. The van der Waals surface area contributed by atoms with Gasteiger partial charge in [0.05, 0.1) is 0 Å². The lowest BCUT2D eigenvalue weighted by Gasteiger charge is -2.02. The second-order valence-corrected chi connectivity index (χ2v) is 2.82. The maximum atomic E-state index is 10.4. The van der Waals surface area contributed by atoms with Gasteiger partial charge in [0.15, 0.2) is 6.61 Å². The number of allylic oxidation sites excluding steroid dienone is 1. The molecule has 2 N–H and O–H groups in total. The van der Waals surface area contributed by atoms with E-state index >= 15 is 0 Å². The molecular weight excluding hydrogens is 194 g/mol. The van der Waals surface area contributed by atoms with E-state index in [1.807, 2.05) is 0 Å².